The van der Waals surface area contributed by atoms with Gasteiger partial charge in [0, 0.05) is 6.61 Å². The molecule has 6 nitrogen and oxygen atoms in total. The molecule has 2 aliphatic rings. The van der Waals surface area contributed by atoms with Crippen molar-refractivity contribution < 1.29 is 24.2 Å². The lowest BCUT2D eigenvalue weighted by atomic mass is 9.74. The maximum absolute atomic E-state index is 12.4. The van der Waals surface area contributed by atoms with Crippen molar-refractivity contribution in [2.75, 3.05) is 13.2 Å². The third-order valence-corrected chi connectivity index (χ3v) is 5.09. The van der Waals surface area contributed by atoms with E-state index in [0.717, 1.165) is 38.7 Å². The highest BCUT2D eigenvalue weighted by molar-refractivity contribution is 5.82. The van der Waals surface area contributed by atoms with E-state index in [1.54, 1.807) is 6.92 Å². The van der Waals surface area contributed by atoms with Gasteiger partial charge in [0.05, 0.1) is 24.2 Å². The SMILES string of the molecule is CC(OCC1CCCCO1)C(=O)NC1(C)CCCCC1C(=O)O. The molecule has 4 atom stereocenters. The zero-order chi connectivity index (χ0) is 16.9. The first-order valence-corrected chi connectivity index (χ1v) is 8.70. The number of ether oxygens (including phenoxy) is 2. The molecule has 1 saturated carbocycles. The third kappa shape index (κ3) is 4.91. The van der Waals surface area contributed by atoms with E-state index in [4.69, 9.17) is 9.47 Å². The van der Waals surface area contributed by atoms with Gasteiger partial charge in [-0.3, -0.25) is 9.59 Å². The molecule has 4 unspecified atom stereocenters. The van der Waals surface area contributed by atoms with E-state index >= 15 is 0 Å². The molecule has 6 heteroatoms. The molecule has 1 saturated heterocycles. The van der Waals surface area contributed by atoms with Crippen LogP contribution in [0.3, 0.4) is 0 Å². The van der Waals surface area contributed by atoms with E-state index in [-0.39, 0.29) is 12.0 Å². The molecule has 2 N–H and O–H groups in total. The quantitative estimate of drug-likeness (QED) is 0.780. The van der Waals surface area contributed by atoms with Crippen LogP contribution < -0.4 is 5.32 Å². The highest BCUT2D eigenvalue weighted by Gasteiger charge is 2.42. The monoisotopic (exact) mass is 327 g/mol. The molecule has 1 amide bonds. The predicted molar refractivity (Wildman–Crippen MR) is 85.1 cm³/mol. The summed E-state index contributed by atoms with van der Waals surface area (Å²) in [5, 5.41) is 12.3. The Kier molecular flexibility index (Phi) is 6.41. The Morgan fingerprint density at radius 2 is 2.04 bits per heavy atom. The van der Waals surface area contributed by atoms with Gasteiger partial charge in [0.15, 0.2) is 0 Å². The summed E-state index contributed by atoms with van der Waals surface area (Å²) in [4.78, 5) is 23.8. The predicted octanol–water partition coefficient (Wildman–Crippen LogP) is 2.11. The largest absolute Gasteiger partial charge is 0.481 e. The van der Waals surface area contributed by atoms with Crippen LogP contribution in [0.15, 0.2) is 0 Å². The van der Waals surface area contributed by atoms with E-state index in [2.05, 4.69) is 5.32 Å². The van der Waals surface area contributed by atoms with Crippen LogP contribution >= 0.6 is 0 Å². The highest BCUT2D eigenvalue weighted by atomic mass is 16.5. The lowest BCUT2D eigenvalue weighted by Crippen LogP contribution is -2.57. The second-order valence-corrected chi connectivity index (χ2v) is 7.01. The number of nitrogens with one attached hydrogen (secondary N) is 1. The second kappa shape index (κ2) is 8.11. The van der Waals surface area contributed by atoms with Crippen LogP contribution in [0, 0.1) is 5.92 Å². The Hall–Kier alpha value is -1.14. The van der Waals surface area contributed by atoms with E-state index in [1.807, 2.05) is 6.92 Å². The molecule has 0 bridgehead atoms. The van der Waals surface area contributed by atoms with Crippen molar-refractivity contribution in [2.24, 2.45) is 5.92 Å². The van der Waals surface area contributed by atoms with Crippen LogP contribution in [0.1, 0.15) is 58.8 Å². The zero-order valence-corrected chi connectivity index (χ0v) is 14.2. The molecular weight excluding hydrogens is 298 g/mol. The van der Waals surface area contributed by atoms with Crippen LogP contribution in [0.25, 0.3) is 0 Å². The Labute approximate surface area is 137 Å². The fourth-order valence-corrected chi connectivity index (χ4v) is 3.53. The molecule has 1 aliphatic carbocycles. The Balaban J connectivity index is 1.84. The van der Waals surface area contributed by atoms with Gasteiger partial charge in [-0.25, -0.2) is 0 Å². The first-order chi connectivity index (χ1) is 10.9. The molecule has 0 aromatic rings. The molecule has 0 aromatic carbocycles. The van der Waals surface area contributed by atoms with Gasteiger partial charge < -0.3 is 19.9 Å². The van der Waals surface area contributed by atoms with Crippen molar-refractivity contribution in [2.45, 2.75) is 76.5 Å². The third-order valence-electron chi connectivity index (χ3n) is 5.09. The van der Waals surface area contributed by atoms with Crippen molar-refractivity contribution in [3.8, 4) is 0 Å². The molecule has 132 valence electrons. The number of carbonyl (C=O) groups excluding carboxylic acids is 1. The summed E-state index contributed by atoms with van der Waals surface area (Å²) < 4.78 is 11.2. The summed E-state index contributed by atoms with van der Waals surface area (Å²) in [6.07, 6.45) is 5.77. The van der Waals surface area contributed by atoms with Gasteiger partial charge in [-0.2, -0.15) is 0 Å². The molecule has 2 fully saturated rings. The number of hydrogen-bond donors (Lipinski definition) is 2. The van der Waals surface area contributed by atoms with Gasteiger partial charge in [-0.15, -0.1) is 0 Å². The minimum atomic E-state index is -0.836. The van der Waals surface area contributed by atoms with Gasteiger partial charge in [0.2, 0.25) is 5.91 Å². The topological polar surface area (TPSA) is 84.9 Å². The van der Waals surface area contributed by atoms with Gasteiger partial charge in [0.1, 0.15) is 6.10 Å². The summed E-state index contributed by atoms with van der Waals surface area (Å²) in [6, 6.07) is 0. The standard InChI is InChI=1S/C17H29NO5/c1-12(23-11-13-7-4-6-10-22-13)15(19)18-17(2)9-5-3-8-14(17)16(20)21/h12-14H,3-11H2,1-2H3,(H,18,19)(H,20,21). The van der Waals surface area contributed by atoms with E-state index in [0.29, 0.717) is 19.4 Å². The van der Waals surface area contributed by atoms with Gasteiger partial charge >= 0.3 is 5.97 Å². The van der Waals surface area contributed by atoms with Crippen LogP contribution in [-0.4, -0.2) is 47.9 Å². The molecule has 1 heterocycles. The minimum Gasteiger partial charge on any atom is -0.481 e. The fraction of sp³-hybridized carbons (Fsp3) is 0.882. The Bertz CT molecular complexity index is 421. The molecule has 0 aromatic heterocycles. The summed E-state index contributed by atoms with van der Waals surface area (Å²) >= 11 is 0. The summed E-state index contributed by atoms with van der Waals surface area (Å²) in [7, 11) is 0. The number of carboxylic acids is 1. The number of aliphatic carboxylic acids is 1. The summed E-state index contributed by atoms with van der Waals surface area (Å²) in [6.45, 7) is 4.71. The maximum atomic E-state index is 12.4. The first-order valence-electron chi connectivity index (χ1n) is 8.70. The van der Waals surface area contributed by atoms with Gasteiger partial charge in [-0.1, -0.05) is 12.8 Å². The van der Waals surface area contributed by atoms with Crippen molar-refractivity contribution in [1.82, 2.24) is 5.32 Å². The molecule has 23 heavy (non-hydrogen) atoms. The van der Waals surface area contributed by atoms with Crippen LogP contribution in [0.4, 0.5) is 0 Å². The van der Waals surface area contributed by atoms with Gasteiger partial charge in [-0.05, 0) is 46.0 Å². The first kappa shape index (κ1) is 18.2. The number of carbonyl (C=O) groups is 2. The molecular formula is C17H29NO5. The van der Waals surface area contributed by atoms with Crippen LogP contribution in [0.5, 0.6) is 0 Å². The smallest absolute Gasteiger partial charge is 0.308 e. The van der Waals surface area contributed by atoms with Gasteiger partial charge in [0.25, 0.3) is 0 Å². The molecule has 0 radical (unpaired) electrons. The normalized spacial score (nSPS) is 33.0. The second-order valence-electron chi connectivity index (χ2n) is 7.01. The van der Waals surface area contributed by atoms with Crippen LogP contribution in [-0.2, 0) is 19.1 Å². The van der Waals surface area contributed by atoms with Crippen LogP contribution in [0.2, 0.25) is 0 Å². The molecule has 0 spiro atoms. The number of carboxylic acid groups (broad SMARTS) is 1. The molecule has 2 rings (SSSR count). The van der Waals surface area contributed by atoms with E-state index in [9.17, 15) is 14.7 Å². The lowest BCUT2D eigenvalue weighted by Gasteiger charge is -2.40. The fourth-order valence-electron chi connectivity index (χ4n) is 3.53. The van der Waals surface area contributed by atoms with Crippen molar-refractivity contribution in [3.63, 3.8) is 0 Å². The number of hydrogen-bond acceptors (Lipinski definition) is 4. The summed E-state index contributed by atoms with van der Waals surface area (Å²) in [5.74, 6) is -1.61. The average Bonchev–Trinajstić information content (AvgIpc) is 2.53. The zero-order valence-electron chi connectivity index (χ0n) is 14.2. The average molecular weight is 327 g/mol. The Morgan fingerprint density at radius 3 is 2.70 bits per heavy atom. The Morgan fingerprint density at radius 1 is 1.30 bits per heavy atom. The molecule has 1 aliphatic heterocycles. The van der Waals surface area contributed by atoms with E-state index in [1.165, 1.54) is 0 Å². The summed E-state index contributed by atoms with van der Waals surface area (Å²) in [5.41, 5.74) is -0.694. The van der Waals surface area contributed by atoms with Crippen molar-refractivity contribution in [1.29, 1.82) is 0 Å². The number of rotatable bonds is 6. The van der Waals surface area contributed by atoms with E-state index < -0.39 is 23.5 Å². The van der Waals surface area contributed by atoms with Crippen molar-refractivity contribution >= 4 is 11.9 Å². The number of amides is 1. The minimum absolute atomic E-state index is 0.0658. The highest BCUT2D eigenvalue weighted by Crippen LogP contribution is 2.34. The lowest BCUT2D eigenvalue weighted by molar-refractivity contribution is -0.148. The van der Waals surface area contributed by atoms with Crippen molar-refractivity contribution in [3.05, 3.63) is 0 Å². The maximum Gasteiger partial charge on any atom is 0.308 e.